The lowest BCUT2D eigenvalue weighted by molar-refractivity contribution is -0.130. The molecule has 3 nitrogen and oxygen atoms in total. The largest absolute Gasteiger partial charge is 0.358 e. The van der Waals surface area contributed by atoms with Crippen molar-refractivity contribution in [1.82, 2.24) is 9.88 Å². The van der Waals surface area contributed by atoms with Gasteiger partial charge in [-0.25, -0.2) is 0 Å². The number of carbonyl (C=O) groups excluding carboxylic acids is 1. The first-order valence-corrected chi connectivity index (χ1v) is 8.99. The van der Waals surface area contributed by atoms with E-state index < -0.39 is 0 Å². The average Bonchev–Trinajstić information content (AvgIpc) is 3.10. The third-order valence-electron chi connectivity index (χ3n) is 4.67. The van der Waals surface area contributed by atoms with Crippen LogP contribution in [0.2, 0.25) is 0 Å². The molecular weight excluding hydrogens is 304 g/mol. The van der Waals surface area contributed by atoms with Gasteiger partial charge in [-0.1, -0.05) is 17.7 Å². The van der Waals surface area contributed by atoms with Gasteiger partial charge in [0.15, 0.2) is 0 Å². The summed E-state index contributed by atoms with van der Waals surface area (Å²) in [5, 5.41) is 3.36. The summed E-state index contributed by atoms with van der Waals surface area (Å²) in [6.07, 6.45) is 2.39. The van der Waals surface area contributed by atoms with E-state index in [0.717, 1.165) is 30.8 Å². The van der Waals surface area contributed by atoms with Crippen molar-refractivity contribution in [2.45, 2.75) is 26.2 Å². The fourth-order valence-corrected chi connectivity index (χ4v) is 4.14. The van der Waals surface area contributed by atoms with Gasteiger partial charge in [0.2, 0.25) is 5.91 Å². The van der Waals surface area contributed by atoms with Crippen molar-refractivity contribution < 1.29 is 4.79 Å². The zero-order valence-electron chi connectivity index (χ0n) is 13.3. The minimum absolute atomic E-state index is 0.248. The molecule has 0 saturated carbocycles. The number of aromatic amines is 1. The molecule has 1 aliphatic heterocycles. The number of H-pyrrole nitrogens is 1. The highest BCUT2D eigenvalue weighted by atomic mass is 32.1. The number of fused-ring (bicyclic) bond motifs is 3. The molecule has 4 heteroatoms. The lowest BCUT2D eigenvalue weighted by atomic mass is 10.1. The zero-order chi connectivity index (χ0) is 15.8. The number of carbonyl (C=O) groups is 1. The van der Waals surface area contributed by atoms with Gasteiger partial charge in [0.05, 0.1) is 6.42 Å². The Kier molecular flexibility index (Phi) is 3.69. The minimum atomic E-state index is 0.248. The number of nitrogens with zero attached hydrogens (tertiary/aromatic N) is 1. The Bertz CT molecular complexity index is 848. The fraction of sp³-hybridized carbons (Fsp3) is 0.316. The van der Waals surface area contributed by atoms with Gasteiger partial charge in [0.25, 0.3) is 0 Å². The zero-order valence-corrected chi connectivity index (χ0v) is 14.1. The highest BCUT2D eigenvalue weighted by Crippen LogP contribution is 2.27. The van der Waals surface area contributed by atoms with Crippen molar-refractivity contribution in [3.63, 3.8) is 0 Å². The normalized spacial score (nSPS) is 14.7. The van der Waals surface area contributed by atoms with Gasteiger partial charge in [-0.05, 0) is 42.5 Å². The number of hydrogen-bond acceptors (Lipinski definition) is 2. The molecule has 0 spiro atoms. The highest BCUT2D eigenvalue weighted by molar-refractivity contribution is 7.10. The molecule has 118 valence electrons. The second-order valence-electron chi connectivity index (χ2n) is 6.27. The molecule has 0 aliphatic carbocycles. The Morgan fingerprint density at radius 1 is 1.26 bits per heavy atom. The first kappa shape index (κ1) is 14.5. The number of hydrogen-bond donors (Lipinski definition) is 1. The van der Waals surface area contributed by atoms with Crippen LogP contribution in [0.4, 0.5) is 0 Å². The van der Waals surface area contributed by atoms with Crippen LogP contribution in [-0.2, 0) is 24.1 Å². The maximum Gasteiger partial charge on any atom is 0.227 e. The van der Waals surface area contributed by atoms with E-state index >= 15 is 0 Å². The second-order valence-corrected chi connectivity index (χ2v) is 7.30. The minimum Gasteiger partial charge on any atom is -0.358 e. The van der Waals surface area contributed by atoms with Crippen molar-refractivity contribution in [3.05, 3.63) is 57.4 Å². The van der Waals surface area contributed by atoms with E-state index in [1.165, 1.54) is 27.7 Å². The van der Waals surface area contributed by atoms with Crippen LogP contribution in [0.5, 0.6) is 0 Å². The summed E-state index contributed by atoms with van der Waals surface area (Å²) in [5.41, 5.74) is 5.21. The van der Waals surface area contributed by atoms with Crippen LogP contribution in [0, 0.1) is 6.92 Å². The number of aryl methyl sites for hydroxylation is 1. The maximum atomic E-state index is 12.5. The molecule has 4 rings (SSSR count). The summed E-state index contributed by atoms with van der Waals surface area (Å²) in [5.74, 6) is 0.248. The van der Waals surface area contributed by atoms with Crippen molar-refractivity contribution >= 4 is 28.1 Å². The molecule has 1 amide bonds. The number of nitrogens with one attached hydrogen (secondary N) is 1. The summed E-state index contributed by atoms with van der Waals surface area (Å²) in [6, 6.07) is 10.6. The number of amides is 1. The highest BCUT2D eigenvalue weighted by Gasteiger charge is 2.21. The molecule has 0 radical (unpaired) electrons. The molecule has 3 aromatic rings. The summed E-state index contributed by atoms with van der Waals surface area (Å²) >= 11 is 1.66. The molecule has 0 unspecified atom stereocenters. The van der Waals surface area contributed by atoms with Crippen molar-refractivity contribution in [2.24, 2.45) is 0 Å². The number of thiophene rings is 1. The smallest absolute Gasteiger partial charge is 0.227 e. The lowest BCUT2D eigenvalue weighted by Gasteiger charge is -2.20. The van der Waals surface area contributed by atoms with Gasteiger partial charge in [-0.3, -0.25) is 4.79 Å². The molecule has 1 aliphatic rings. The monoisotopic (exact) mass is 324 g/mol. The van der Waals surface area contributed by atoms with Crippen LogP contribution in [-0.4, -0.2) is 28.9 Å². The molecule has 2 aromatic heterocycles. The summed E-state index contributed by atoms with van der Waals surface area (Å²) in [4.78, 5) is 19.3. The van der Waals surface area contributed by atoms with Crippen LogP contribution in [0.1, 0.15) is 21.7 Å². The molecule has 0 fully saturated rings. The SMILES string of the molecule is Cc1ccc2[nH]c3c(c2c1)CCN(C(=O)Cc1cccs1)CC3. The van der Waals surface area contributed by atoms with Crippen LogP contribution in [0.15, 0.2) is 35.7 Å². The predicted octanol–water partition coefficient (Wildman–Crippen LogP) is 3.71. The van der Waals surface area contributed by atoms with Crippen LogP contribution >= 0.6 is 11.3 Å². The van der Waals surface area contributed by atoms with E-state index in [9.17, 15) is 4.79 Å². The van der Waals surface area contributed by atoms with Crippen molar-refractivity contribution in [1.29, 1.82) is 0 Å². The summed E-state index contributed by atoms with van der Waals surface area (Å²) in [6.45, 7) is 3.76. The quantitative estimate of drug-likeness (QED) is 0.766. The van der Waals surface area contributed by atoms with Gasteiger partial charge in [0.1, 0.15) is 0 Å². The molecule has 0 atom stereocenters. The van der Waals surface area contributed by atoms with E-state index in [4.69, 9.17) is 0 Å². The second kappa shape index (κ2) is 5.85. The number of aromatic nitrogens is 1. The van der Waals surface area contributed by atoms with E-state index in [2.05, 4.69) is 30.1 Å². The van der Waals surface area contributed by atoms with Crippen LogP contribution in [0.3, 0.4) is 0 Å². The van der Waals surface area contributed by atoms with Crippen molar-refractivity contribution in [3.8, 4) is 0 Å². The number of benzene rings is 1. The Labute approximate surface area is 139 Å². The molecule has 1 aromatic carbocycles. The van der Waals surface area contributed by atoms with Gasteiger partial charge in [-0.15, -0.1) is 11.3 Å². The Morgan fingerprint density at radius 3 is 2.96 bits per heavy atom. The molecule has 0 saturated heterocycles. The van der Waals surface area contributed by atoms with Crippen LogP contribution < -0.4 is 0 Å². The lowest BCUT2D eigenvalue weighted by Crippen LogP contribution is -2.34. The molecule has 3 heterocycles. The standard InChI is InChI=1S/C19H20N2OS/c1-13-4-5-17-16(11-13)15-6-8-21(9-7-18(15)20-17)19(22)12-14-3-2-10-23-14/h2-5,10-11,20H,6-9,12H2,1H3. The summed E-state index contributed by atoms with van der Waals surface area (Å²) in [7, 11) is 0. The third-order valence-corrected chi connectivity index (χ3v) is 5.55. The average molecular weight is 324 g/mol. The van der Waals surface area contributed by atoms with E-state index in [-0.39, 0.29) is 5.91 Å². The molecule has 0 bridgehead atoms. The van der Waals surface area contributed by atoms with E-state index in [0.29, 0.717) is 6.42 Å². The third kappa shape index (κ3) is 2.79. The van der Waals surface area contributed by atoms with Gasteiger partial charge in [0, 0.05) is 41.0 Å². The van der Waals surface area contributed by atoms with Gasteiger partial charge in [-0.2, -0.15) is 0 Å². The molecular formula is C19H20N2OS. The van der Waals surface area contributed by atoms with Crippen molar-refractivity contribution in [2.75, 3.05) is 13.1 Å². The molecule has 23 heavy (non-hydrogen) atoms. The van der Waals surface area contributed by atoms with Crippen LogP contribution in [0.25, 0.3) is 10.9 Å². The Morgan fingerprint density at radius 2 is 2.13 bits per heavy atom. The first-order valence-electron chi connectivity index (χ1n) is 8.11. The fourth-order valence-electron chi connectivity index (χ4n) is 3.45. The predicted molar refractivity (Wildman–Crippen MR) is 95.0 cm³/mol. The number of rotatable bonds is 2. The van der Waals surface area contributed by atoms with E-state index in [1.54, 1.807) is 11.3 Å². The summed E-state index contributed by atoms with van der Waals surface area (Å²) < 4.78 is 0. The van der Waals surface area contributed by atoms with Gasteiger partial charge < -0.3 is 9.88 Å². The maximum absolute atomic E-state index is 12.5. The first-order chi connectivity index (χ1) is 11.2. The van der Waals surface area contributed by atoms with E-state index in [1.807, 2.05) is 22.4 Å². The van der Waals surface area contributed by atoms with Gasteiger partial charge >= 0.3 is 0 Å². The Hall–Kier alpha value is -2.07. The Balaban J connectivity index is 1.54. The molecule has 1 N–H and O–H groups in total. The topological polar surface area (TPSA) is 36.1 Å².